The van der Waals surface area contributed by atoms with Crippen molar-refractivity contribution >= 4 is 50.9 Å². The quantitative estimate of drug-likeness (QED) is 0.191. The molecule has 1 aliphatic heterocycles. The smallest absolute Gasteiger partial charge is 0.341 e. The summed E-state index contributed by atoms with van der Waals surface area (Å²) in [5, 5.41) is 13.4. The summed E-state index contributed by atoms with van der Waals surface area (Å²) >= 11 is 1.62. The highest BCUT2D eigenvalue weighted by Crippen LogP contribution is 2.43. The van der Waals surface area contributed by atoms with Gasteiger partial charge in [0.2, 0.25) is 5.43 Å². The van der Waals surface area contributed by atoms with E-state index in [1.807, 2.05) is 37.4 Å². The lowest BCUT2D eigenvalue weighted by Crippen LogP contribution is -2.28. The van der Waals surface area contributed by atoms with Crippen LogP contribution in [0, 0.1) is 5.82 Å². The molecule has 0 bridgehead atoms. The fourth-order valence-corrected chi connectivity index (χ4v) is 5.06. The van der Waals surface area contributed by atoms with Crippen LogP contribution in [0.3, 0.4) is 0 Å². The molecule has 10 heteroatoms. The molecule has 2 aromatic heterocycles. The summed E-state index contributed by atoms with van der Waals surface area (Å²) in [6, 6.07) is 7.73. The maximum Gasteiger partial charge on any atom is 0.341 e. The second-order valence-electron chi connectivity index (χ2n) is 7.87. The first kappa shape index (κ1) is 21.2. The Morgan fingerprint density at radius 2 is 2.21 bits per heavy atom. The largest absolute Gasteiger partial charge is 0.487 e. The van der Waals surface area contributed by atoms with E-state index < -0.39 is 22.8 Å². The van der Waals surface area contributed by atoms with E-state index in [4.69, 9.17) is 10.5 Å². The van der Waals surface area contributed by atoms with Gasteiger partial charge < -0.3 is 30.4 Å². The number of H-pyrrole nitrogens is 1. The standard InChI is InChI=1S/C23H21FN4O4S/c1-11-10-32-22-19(26-6-7-33-15-8-27-14-5-3-2-4-12(14)15)17(24)18(25)16-20(22)28(11)9-13(21(16)29)23(30)31/h2-5,8-9,11,26-27H,6-7,10,25H2,1H3,(H,30,31)/t11-/m0/s1. The molecule has 33 heavy (non-hydrogen) atoms. The first-order chi connectivity index (χ1) is 15.9. The molecule has 5 N–H and O–H groups in total. The van der Waals surface area contributed by atoms with Crippen LogP contribution in [0.2, 0.25) is 0 Å². The number of fused-ring (bicyclic) bond motifs is 1. The molecule has 5 rings (SSSR count). The lowest BCUT2D eigenvalue weighted by Gasteiger charge is -2.29. The molecule has 2 aromatic carbocycles. The summed E-state index contributed by atoms with van der Waals surface area (Å²) in [6.45, 7) is 2.44. The molecule has 0 fully saturated rings. The van der Waals surface area contributed by atoms with Crippen LogP contribution >= 0.6 is 11.8 Å². The Morgan fingerprint density at radius 3 is 3.00 bits per heavy atom. The first-order valence-corrected chi connectivity index (χ1v) is 11.4. The Morgan fingerprint density at radius 1 is 1.42 bits per heavy atom. The number of anilines is 2. The Bertz CT molecular complexity index is 1480. The predicted octanol–water partition coefficient (Wildman–Crippen LogP) is 4.06. The number of carboxylic acids is 1. The fourth-order valence-electron chi connectivity index (χ4n) is 4.16. The van der Waals surface area contributed by atoms with Crippen LogP contribution < -0.4 is 21.2 Å². The minimum atomic E-state index is -1.39. The van der Waals surface area contributed by atoms with Crippen LogP contribution in [0.4, 0.5) is 15.8 Å². The Balaban J connectivity index is 1.49. The van der Waals surface area contributed by atoms with Gasteiger partial charge in [-0.2, -0.15) is 0 Å². The van der Waals surface area contributed by atoms with Gasteiger partial charge in [0.15, 0.2) is 11.6 Å². The summed E-state index contributed by atoms with van der Waals surface area (Å²) in [6.07, 6.45) is 3.22. The molecule has 0 amide bonds. The summed E-state index contributed by atoms with van der Waals surface area (Å²) in [4.78, 5) is 28.7. The number of pyridine rings is 1. The van der Waals surface area contributed by atoms with Crippen molar-refractivity contribution in [3.63, 3.8) is 0 Å². The molecule has 170 valence electrons. The predicted molar refractivity (Wildman–Crippen MR) is 127 cm³/mol. The van der Waals surface area contributed by atoms with Gasteiger partial charge in [-0.3, -0.25) is 4.79 Å². The zero-order chi connectivity index (χ0) is 23.3. The number of para-hydroxylation sites is 1. The van der Waals surface area contributed by atoms with Crippen molar-refractivity contribution in [3.05, 3.63) is 58.3 Å². The Kier molecular flexibility index (Phi) is 5.16. The van der Waals surface area contributed by atoms with Crippen molar-refractivity contribution < 1.29 is 19.0 Å². The molecule has 0 radical (unpaired) electrons. The fraction of sp³-hybridized carbons (Fsp3) is 0.217. The molecular weight excluding hydrogens is 447 g/mol. The van der Waals surface area contributed by atoms with Crippen molar-refractivity contribution in [1.82, 2.24) is 9.55 Å². The average Bonchev–Trinajstić information content (AvgIpc) is 3.21. The number of ether oxygens (including phenoxy) is 1. The number of thioether (sulfide) groups is 1. The van der Waals surface area contributed by atoms with E-state index in [1.54, 1.807) is 16.3 Å². The number of aromatic carboxylic acids is 1. The molecule has 3 heterocycles. The second-order valence-corrected chi connectivity index (χ2v) is 9.01. The summed E-state index contributed by atoms with van der Waals surface area (Å²) in [5.74, 6) is -1.40. The van der Waals surface area contributed by atoms with Gasteiger partial charge in [0.1, 0.15) is 17.9 Å². The van der Waals surface area contributed by atoms with Gasteiger partial charge in [0, 0.05) is 40.5 Å². The van der Waals surface area contributed by atoms with Crippen molar-refractivity contribution in [2.24, 2.45) is 0 Å². The van der Waals surface area contributed by atoms with Gasteiger partial charge >= 0.3 is 5.97 Å². The minimum absolute atomic E-state index is 0.0719. The third-order valence-corrected chi connectivity index (χ3v) is 6.85. The van der Waals surface area contributed by atoms with Crippen molar-refractivity contribution in [2.75, 3.05) is 30.0 Å². The van der Waals surface area contributed by atoms with E-state index in [-0.39, 0.29) is 35.2 Å². The van der Waals surface area contributed by atoms with Gasteiger partial charge in [0.25, 0.3) is 0 Å². The molecule has 0 aliphatic carbocycles. The average molecular weight is 469 g/mol. The number of aromatic nitrogens is 2. The number of carbonyl (C=O) groups is 1. The number of carboxylic acid groups (broad SMARTS) is 1. The molecule has 0 spiro atoms. The highest BCUT2D eigenvalue weighted by molar-refractivity contribution is 7.99. The zero-order valence-corrected chi connectivity index (χ0v) is 18.5. The zero-order valence-electron chi connectivity index (χ0n) is 17.6. The number of nitrogens with one attached hydrogen (secondary N) is 2. The maximum atomic E-state index is 15.3. The van der Waals surface area contributed by atoms with Crippen LogP contribution in [-0.4, -0.2) is 39.5 Å². The number of nitrogen functional groups attached to an aromatic ring is 1. The molecule has 0 unspecified atom stereocenters. The minimum Gasteiger partial charge on any atom is -0.487 e. The highest BCUT2D eigenvalue weighted by Gasteiger charge is 2.30. The SMILES string of the molecule is C[C@H]1COc2c(NCCSc3c[nH]c4ccccc34)c(F)c(N)c3c(=O)c(C(=O)O)cn1c23. The van der Waals surface area contributed by atoms with E-state index in [9.17, 15) is 14.7 Å². The Labute approximate surface area is 191 Å². The molecular formula is C23H21FN4O4S. The van der Waals surface area contributed by atoms with Gasteiger partial charge in [-0.15, -0.1) is 11.8 Å². The van der Waals surface area contributed by atoms with Crippen LogP contribution in [0.15, 0.2) is 46.3 Å². The maximum absolute atomic E-state index is 15.3. The summed E-state index contributed by atoms with van der Waals surface area (Å²) < 4.78 is 22.7. The highest BCUT2D eigenvalue weighted by atomic mass is 32.2. The lowest BCUT2D eigenvalue weighted by molar-refractivity contribution is 0.0694. The number of nitrogens with two attached hydrogens (primary N) is 1. The lowest BCUT2D eigenvalue weighted by atomic mass is 10.0. The van der Waals surface area contributed by atoms with Crippen LogP contribution in [0.25, 0.3) is 21.8 Å². The molecule has 0 saturated carbocycles. The third-order valence-electron chi connectivity index (χ3n) is 5.79. The summed E-state index contributed by atoms with van der Waals surface area (Å²) in [5.41, 5.74) is 5.76. The van der Waals surface area contributed by atoms with Crippen LogP contribution in [0.1, 0.15) is 23.3 Å². The number of rotatable bonds is 6. The van der Waals surface area contributed by atoms with E-state index in [0.717, 1.165) is 15.8 Å². The van der Waals surface area contributed by atoms with Gasteiger partial charge in [0.05, 0.1) is 22.6 Å². The number of nitrogens with zero attached hydrogens (tertiary/aromatic N) is 1. The topological polar surface area (TPSA) is 122 Å². The van der Waals surface area contributed by atoms with Crippen LogP contribution in [0.5, 0.6) is 5.75 Å². The van der Waals surface area contributed by atoms with Crippen molar-refractivity contribution in [2.45, 2.75) is 17.9 Å². The van der Waals surface area contributed by atoms with Crippen molar-refractivity contribution in [1.29, 1.82) is 0 Å². The number of hydrogen-bond acceptors (Lipinski definition) is 6. The third kappa shape index (κ3) is 3.37. The number of halogens is 1. The monoisotopic (exact) mass is 468 g/mol. The molecule has 1 atom stereocenters. The number of benzene rings is 2. The van der Waals surface area contributed by atoms with E-state index >= 15 is 4.39 Å². The number of hydrogen-bond donors (Lipinski definition) is 4. The van der Waals surface area contributed by atoms with Gasteiger partial charge in [-0.25, -0.2) is 9.18 Å². The molecule has 0 saturated heterocycles. The second kappa shape index (κ2) is 8.04. The normalized spacial score (nSPS) is 15.0. The number of aromatic amines is 1. The molecule has 4 aromatic rings. The van der Waals surface area contributed by atoms with Crippen LogP contribution in [-0.2, 0) is 0 Å². The molecule has 1 aliphatic rings. The Hall–Kier alpha value is -3.66. The first-order valence-electron chi connectivity index (χ1n) is 10.4. The van der Waals surface area contributed by atoms with E-state index in [2.05, 4.69) is 10.3 Å². The van der Waals surface area contributed by atoms with E-state index in [1.165, 1.54) is 6.20 Å². The van der Waals surface area contributed by atoms with Gasteiger partial charge in [-0.1, -0.05) is 18.2 Å². The van der Waals surface area contributed by atoms with Crippen molar-refractivity contribution in [3.8, 4) is 5.75 Å². The van der Waals surface area contributed by atoms with E-state index in [0.29, 0.717) is 17.8 Å². The summed E-state index contributed by atoms with van der Waals surface area (Å²) in [7, 11) is 0. The molecule has 8 nitrogen and oxygen atoms in total. The van der Waals surface area contributed by atoms with Gasteiger partial charge in [-0.05, 0) is 13.0 Å².